The summed E-state index contributed by atoms with van der Waals surface area (Å²) in [5.74, 6) is 1.12. The molecule has 0 fully saturated rings. The van der Waals surface area contributed by atoms with Crippen molar-refractivity contribution in [2.75, 3.05) is 12.4 Å². The molecule has 0 aliphatic carbocycles. The molecule has 0 saturated carbocycles. The van der Waals surface area contributed by atoms with Crippen molar-refractivity contribution in [3.63, 3.8) is 0 Å². The van der Waals surface area contributed by atoms with Gasteiger partial charge in [-0.1, -0.05) is 23.9 Å². The third kappa shape index (κ3) is 3.81. The minimum atomic E-state index is 0.0712. The molecule has 0 bridgehead atoms. The monoisotopic (exact) mass is 293 g/mol. The second kappa shape index (κ2) is 6.73. The lowest BCUT2D eigenvalue weighted by atomic mass is 10.1. The number of hydrogen-bond donors (Lipinski definition) is 0. The molecule has 0 radical (unpaired) electrons. The Bertz CT molecular complexity index is 566. The van der Waals surface area contributed by atoms with Crippen molar-refractivity contribution in [3.05, 3.63) is 40.9 Å². The van der Waals surface area contributed by atoms with Gasteiger partial charge in [0.1, 0.15) is 5.75 Å². The average molecular weight is 293 g/mol. The SMILES string of the molecule is CCOc1ccccc1C(=O)CSc1nc(C)cs1. The van der Waals surface area contributed by atoms with Gasteiger partial charge < -0.3 is 4.74 Å². The van der Waals surface area contributed by atoms with E-state index in [4.69, 9.17) is 4.74 Å². The van der Waals surface area contributed by atoms with Gasteiger partial charge in [0.05, 0.1) is 17.9 Å². The van der Waals surface area contributed by atoms with E-state index in [9.17, 15) is 4.79 Å². The lowest BCUT2D eigenvalue weighted by Gasteiger charge is -2.08. The third-order valence-corrected chi connectivity index (χ3v) is 4.55. The Balaban J connectivity index is 2.03. The average Bonchev–Trinajstić information content (AvgIpc) is 2.83. The number of carbonyl (C=O) groups is 1. The number of nitrogens with zero attached hydrogens (tertiary/aromatic N) is 1. The third-order valence-electron chi connectivity index (χ3n) is 2.41. The summed E-state index contributed by atoms with van der Waals surface area (Å²) < 4.78 is 6.40. The zero-order valence-electron chi connectivity index (χ0n) is 10.9. The van der Waals surface area contributed by atoms with Crippen LogP contribution in [0, 0.1) is 6.92 Å². The number of carbonyl (C=O) groups excluding carboxylic acids is 1. The van der Waals surface area contributed by atoms with Gasteiger partial charge in [-0.25, -0.2) is 4.98 Å². The number of para-hydroxylation sites is 1. The van der Waals surface area contributed by atoms with Gasteiger partial charge in [-0.05, 0) is 26.0 Å². The molecule has 100 valence electrons. The molecular formula is C14H15NO2S2. The summed E-state index contributed by atoms with van der Waals surface area (Å²) in [5, 5.41) is 1.99. The highest BCUT2D eigenvalue weighted by molar-refractivity contribution is 8.01. The molecule has 0 spiro atoms. The van der Waals surface area contributed by atoms with E-state index >= 15 is 0 Å². The molecule has 5 heteroatoms. The topological polar surface area (TPSA) is 39.2 Å². The predicted molar refractivity (Wildman–Crippen MR) is 79.5 cm³/mol. The van der Waals surface area contributed by atoms with Gasteiger partial charge in [-0.15, -0.1) is 11.3 Å². The van der Waals surface area contributed by atoms with Crippen LogP contribution in [-0.2, 0) is 0 Å². The first-order chi connectivity index (χ1) is 9.20. The fourth-order valence-electron chi connectivity index (χ4n) is 1.58. The minimum absolute atomic E-state index is 0.0712. The van der Waals surface area contributed by atoms with Crippen LogP contribution in [0.15, 0.2) is 34.0 Å². The maximum Gasteiger partial charge on any atom is 0.176 e. The molecule has 1 aromatic carbocycles. The quantitative estimate of drug-likeness (QED) is 0.599. The molecule has 2 aromatic rings. The molecular weight excluding hydrogens is 278 g/mol. The molecule has 0 N–H and O–H groups in total. The van der Waals surface area contributed by atoms with Crippen molar-refractivity contribution in [1.82, 2.24) is 4.98 Å². The van der Waals surface area contributed by atoms with Gasteiger partial charge in [0.15, 0.2) is 10.1 Å². The van der Waals surface area contributed by atoms with E-state index in [2.05, 4.69) is 4.98 Å². The maximum absolute atomic E-state index is 12.2. The van der Waals surface area contributed by atoms with Gasteiger partial charge >= 0.3 is 0 Å². The fourth-order valence-corrected chi connectivity index (χ4v) is 3.31. The second-order valence-electron chi connectivity index (χ2n) is 3.90. The highest BCUT2D eigenvalue weighted by Crippen LogP contribution is 2.25. The van der Waals surface area contributed by atoms with Crippen molar-refractivity contribution in [2.24, 2.45) is 0 Å². The van der Waals surface area contributed by atoms with E-state index in [0.717, 1.165) is 10.0 Å². The van der Waals surface area contributed by atoms with Crippen LogP contribution in [-0.4, -0.2) is 23.1 Å². The van der Waals surface area contributed by atoms with Crippen LogP contribution >= 0.6 is 23.1 Å². The van der Waals surface area contributed by atoms with E-state index in [-0.39, 0.29) is 5.78 Å². The van der Waals surface area contributed by atoms with E-state index in [1.54, 1.807) is 17.4 Å². The van der Waals surface area contributed by atoms with E-state index in [1.165, 1.54) is 11.8 Å². The van der Waals surface area contributed by atoms with Crippen molar-refractivity contribution < 1.29 is 9.53 Å². The number of aryl methyl sites for hydroxylation is 1. The maximum atomic E-state index is 12.2. The molecule has 0 aliphatic rings. The summed E-state index contributed by atoms with van der Waals surface area (Å²) >= 11 is 3.04. The summed E-state index contributed by atoms with van der Waals surface area (Å²) in [6, 6.07) is 7.36. The smallest absolute Gasteiger partial charge is 0.176 e. The Hall–Kier alpha value is -1.33. The number of thiazole rings is 1. The van der Waals surface area contributed by atoms with Crippen LogP contribution in [0.5, 0.6) is 5.75 Å². The van der Waals surface area contributed by atoms with Crippen LogP contribution in [0.4, 0.5) is 0 Å². The summed E-state index contributed by atoms with van der Waals surface area (Å²) in [7, 11) is 0. The first kappa shape index (κ1) is 14.1. The Morgan fingerprint density at radius 3 is 2.89 bits per heavy atom. The highest BCUT2D eigenvalue weighted by Gasteiger charge is 2.13. The molecule has 1 aromatic heterocycles. The van der Waals surface area contributed by atoms with Gasteiger partial charge in [0.25, 0.3) is 0 Å². The Morgan fingerprint density at radius 1 is 1.42 bits per heavy atom. The van der Waals surface area contributed by atoms with Crippen molar-refractivity contribution in [3.8, 4) is 5.75 Å². The molecule has 2 rings (SSSR count). The van der Waals surface area contributed by atoms with Gasteiger partial charge in [0, 0.05) is 11.1 Å². The second-order valence-corrected chi connectivity index (χ2v) is 5.98. The van der Waals surface area contributed by atoms with E-state index in [0.29, 0.717) is 23.7 Å². The Morgan fingerprint density at radius 2 is 2.21 bits per heavy atom. The van der Waals surface area contributed by atoms with Gasteiger partial charge in [-0.3, -0.25) is 4.79 Å². The fraction of sp³-hybridized carbons (Fsp3) is 0.286. The number of Topliss-reactive ketones (excluding diaryl/α,β-unsaturated/α-hetero) is 1. The standard InChI is InChI=1S/C14H15NO2S2/c1-3-17-13-7-5-4-6-11(13)12(16)9-19-14-15-10(2)8-18-14/h4-8H,3,9H2,1-2H3. The Labute approximate surface area is 121 Å². The normalized spacial score (nSPS) is 10.4. The van der Waals surface area contributed by atoms with Crippen molar-refractivity contribution in [1.29, 1.82) is 0 Å². The first-order valence-corrected chi connectivity index (χ1v) is 7.87. The zero-order valence-corrected chi connectivity index (χ0v) is 12.5. The molecule has 19 heavy (non-hydrogen) atoms. The summed E-state index contributed by atoms with van der Waals surface area (Å²) in [4.78, 5) is 16.5. The summed E-state index contributed by atoms with van der Waals surface area (Å²) in [6.07, 6.45) is 0. The number of rotatable bonds is 6. The molecule has 0 aliphatic heterocycles. The molecule has 0 unspecified atom stereocenters. The number of thioether (sulfide) groups is 1. The number of benzene rings is 1. The van der Waals surface area contributed by atoms with Gasteiger partial charge in [-0.2, -0.15) is 0 Å². The first-order valence-electron chi connectivity index (χ1n) is 6.00. The number of ketones is 1. The summed E-state index contributed by atoms with van der Waals surface area (Å²) in [6.45, 7) is 4.42. The molecule has 0 saturated heterocycles. The van der Waals surface area contributed by atoms with Crippen LogP contribution in [0.25, 0.3) is 0 Å². The zero-order chi connectivity index (χ0) is 13.7. The van der Waals surface area contributed by atoms with Gasteiger partial charge in [0.2, 0.25) is 0 Å². The highest BCUT2D eigenvalue weighted by atomic mass is 32.2. The Kier molecular flexibility index (Phi) is 4.99. The van der Waals surface area contributed by atoms with Crippen LogP contribution in [0.3, 0.4) is 0 Å². The molecule has 3 nitrogen and oxygen atoms in total. The molecule has 0 amide bonds. The molecule has 0 atom stereocenters. The molecule has 1 heterocycles. The van der Waals surface area contributed by atoms with E-state index in [1.807, 2.05) is 37.4 Å². The van der Waals surface area contributed by atoms with Crippen molar-refractivity contribution in [2.45, 2.75) is 18.2 Å². The lowest BCUT2D eigenvalue weighted by Crippen LogP contribution is -2.06. The van der Waals surface area contributed by atoms with E-state index < -0.39 is 0 Å². The lowest BCUT2D eigenvalue weighted by molar-refractivity contribution is 0.101. The van der Waals surface area contributed by atoms with Crippen LogP contribution in [0.2, 0.25) is 0 Å². The number of ether oxygens (including phenoxy) is 1. The van der Waals surface area contributed by atoms with Crippen LogP contribution in [0.1, 0.15) is 23.0 Å². The number of aromatic nitrogens is 1. The number of hydrogen-bond acceptors (Lipinski definition) is 5. The van der Waals surface area contributed by atoms with Crippen molar-refractivity contribution >= 4 is 28.9 Å². The summed E-state index contributed by atoms with van der Waals surface area (Å²) in [5.41, 5.74) is 1.64. The predicted octanol–water partition coefficient (Wildman–Crippen LogP) is 3.83. The largest absolute Gasteiger partial charge is 0.493 e. The van der Waals surface area contributed by atoms with Crippen LogP contribution < -0.4 is 4.74 Å². The minimum Gasteiger partial charge on any atom is -0.493 e.